The predicted octanol–water partition coefficient (Wildman–Crippen LogP) is 5.09. The van der Waals surface area contributed by atoms with E-state index in [2.05, 4.69) is 12.2 Å². The quantitative estimate of drug-likeness (QED) is 0.420. The maximum absolute atomic E-state index is 13.6. The van der Waals surface area contributed by atoms with Crippen molar-refractivity contribution in [3.63, 3.8) is 0 Å². The summed E-state index contributed by atoms with van der Waals surface area (Å²) in [5, 5.41) is 3.07. The lowest BCUT2D eigenvalue weighted by molar-refractivity contribution is -0.140. The van der Waals surface area contributed by atoms with Gasteiger partial charge in [-0.3, -0.25) is 9.59 Å². The fraction of sp³-hybridized carbons (Fsp3) is 0.310. The second-order valence-electron chi connectivity index (χ2n) is 8.52. The average molecular weight is 443 g/mol. The average Bonchev–Trinajstić information content (AvgIpc) is 2.82. The van der Waals surface area contributed by atoms with E-state index >= 15 is 0 Å². The number of unbranched alkanes of at least 4 members (excludes halogenated alkanes) is 1. The number of amides is 2. The molecule has 4 heteroatoms. The van der Waals surface area contributed by atoms with Crippen LogP contribution in [0.5, 0.6) is 0 Å². The Kier molecular flexibility index (Phi) is 9.25. The number of hydrogen-bond donors (Lipinski definition) is 1. The normalized spacial score (nSPS) is 11.6. The minimum atomic E-state index is -0.582. The van der Waals surface area contributed by atoms with Crippen LogP contribution in [0.2, 0.25) is 0 Å². The van der Waals surface area contributed by atoms with Crippen LogP contribution in [0.15, 0.2) is 84.9 Å². The van der Waals surface area contributed by atoms with Crippen molar-refractivity contribution in [2.24, 2.45) is 0 Å². The minimum absolute atomic E-state index is 0.0453. The van der Waals surface area contributed by atoms with E-state index < -0.39 is 6.04 Å². The molecule has 0 aliphatic heterocycles. The molecule has 0 radical (unpaired) electrons. The molecular formula is C29H34N2O2. The van der Waals surface area contributed by atoms with Gasteiger partial charge in [0.1, 0.15) is 6.04 Å². The minimum Gasteiger partial charge on any atom is -0.354 e. The van der Waals surface area contributed by atoms with Crippen molar-refractivity contribution in [3.8, 4) is 0 Å². The Bertz CT molecular complexity index is 1020. The molecule has 1 N–H and O–H groups in total. The van der Waals surface area contributed by atoms with Gasteiger partial charge in [-0.25, -0.2) is 0 Å². The van der Waals surface area contributed by atoms with Crippen molar-refractivity contribution >= 4 is 11.8 Å². The second-order valence-corrected chi connectivity index (χ2v) is 8.52. The first-order valence-corrected chi connectivity index (χ1v) is 11.8. The van der Waals surface area contributed by atoms with E-state index in [0.29, 0.717) is 19.5 Å². The number of benzene rings is 3. The number of aryl methyl sites for hydroxylation is 1. The molecule has 4 nitrogen and oxygen atoms in total. The third-order valence-electron chi connectivity index (χ3n) is 5.73. The maximum Gasteiger partial charge on any atom is 0.243 e. The number of rotatable bonds is 11. The Hall–Kier alpha value is -3.40. The maximum atomic E-state index is 13.6. The van der Waals surface area contributed by atoms with Crippen LogP contribution in [0.1, 0.15) is 42.0 Å². The molecular weight excluding hydrogens is 408 g/mol. The number of carbonyl (C=O) groups excluding carboxylic acids is 2. The summed E-state index contributed by atoms with van der Waals surface area (Å²) >= 11 is 0. The van der Waals surface area contributed by atoms with Crippen LogP contribution < -0.4 is 5.32 Å². The molecule has 3 aromatic rings. The lowest BCUT2D eigenvalue weighted by atomic mass is 10.0. The Morgan fingerprint density at radius 3 is 2.12 bits per heavy atom. The van der Waals surface area contributed by atoms with E-state index in [1.807, 2.05) is 91.9 Å². The van der Waals surface area contributed by atoms with Gasteiger partial charge in [0, 0.05) is 19.5 Å². The SMILES string of the molecule is CCCCNC(=O)[C@@H](Cc1ccccc1)N(Cc1ccccc1)C(=O)Cc1cccc(C)c1. The summed E-state index contributed by atoms with van der Waals surface area (Å²) in [5.41, 5.74) is 4.13. The van der Waals surface area contributed by atoms with Crippen LogP contribution in [0.3, 0.4) is 0 Å². The van der Waals surface area contributed by atoms with Crippen molar-refractivity contribution in [2.45, 2.75) is 52.1 Å². The number of nitrogens with one attached hydrogen (secondary N) is 1. The van der Waals surface area contributed by atoms with Gasteiger partial charge in [-0.15, -0.1) is 0 Å². The molecule has 0 unspecified atom stereocenters. The van der Waals surface area contributed by atoms with Crippen LogP contribution in [0.25, 0.3) is 0 Å². The fourth-order valence-electron chi connectivity index (χ4n) is 3.94. The Balaban J connectivity index is 1.91. The van der Waals surface area contributed by atoms with E-state index in [0.717, 1.165) is 35.1 Å². The van der Waals surface area contributed by atoms with Crippen LogP contribution in [0.4, 0.5) is 0 Å². The third kappa shape index (κ3) is 7.60. The van der Waals surface area contributed by atoms with E-state index in [1.54, 1.807) is 4.90 Å². The zero-order valence-electron chi connectivity index (χ0n) is 19.7. The highest BCUT2D eigenvalue weighted by Gasteiger charge is 2.30. The van der Waals surface area contributed by atoms with Gasteiger partial charge in [-0.2, -0.15) is 0 Å². The first-order chi connectivity index (χ1) is 16.1. The summed E-state index contributed by atoms with van der Waals surface area (Å²) in [4.78, 5) is 28.8. The molecule has 1 atom stereocenters. The van der Waals surface area contributed by atoms with E-state index in [1.165, 1.54) is 0 Å². The smallest absolute Gasteiger partial charge is 0.243 e. The summed E-state index contributed by atoms with van der Waals surface area (Å²) in [6, 6.07) is 27.2. The van der Waals surface area contributed by atoms with Gasteiger partial charge < -0.3 is 10.2 Å². The van der Waals surface area contributed by atoms with Crippen LogP contribution in [-0.2, 0) is 29.0 Å². The summed E-state index contributed by atoms with van der Waals surface area (Å²) in [6.07, 6.45) is 2.66. The number of nitrogens with zero attached hydrogens (tertiary/aromatic N) is 1. The molecule has 172 valence electrons. The third-order valence-corrected chi connectivity index (χ3v) is 5.73. The monoisotopic (exact) mass is 442 g/mol. The Morgan fingerprint density at radius 1 is 0.848 bits per heavy atom. The molecule has 0 fully saturated rings. The molecule has 33 heavy (non-hydrogen) atoms. The van der Waals surface area contributed by atoms with Gasteiger partial charge in [0.25, 0.3) is 0 Å². The lowest BCUT2D eigenvalue weighted by Crippen LogP contribution is -2.51. The first kappa shape index (κ1) is 24.2. The van der Waals surface area contributed by atoms with Crippen molar-refractivity contribution in [1.82, 2.24) is 10.2 Å². The highest BCUT2D eigenvalue weighted by molar-refractivity contribution is 5.88. The molecule has 0 saturated heterocycles. The molecule has 2 amide bonds. The van der Waals surface area contributed by atoms with Gasteiger partial charge >= 0.3 is 0 Å². The highest BCUT2D eigenvalue weighted by atomic mass is 16.2. The lowest BCUT2D eigenvalue weighted by Gasteiger charge is -2.31. The van der Waals surface area contributed by atoms with E-state index in [9.17, 15) is 9.59 Å². The van der Waals surface area contributed by atoms with Crippen LogP contribution >= 0.6 is 0 Å². The molecule has 0 aromatic heterocycles. The molecule has 0 aliphatic rings. The van der Waals surface area contributed by atoms with Crippen molar-refractivity contribution in [2.75, 3.05) is 6.54 Å². The number of carbonyl (C=O) groups is 2. The standard InChI is InChI=1S/C29H34N2O2/c1-3-4-18-30-29(33)27(20-24-13-7-5-8-14-24)31(22-25-15-9-6-10-16-25)28(32)21-26-17-11-12-23(2)19-26/h5-17,19,27H,3-4,18,20-22H2,1-2H3,(H,30,33)/t27-/m1/s1. The topological polar surface area (TPSA) is 49.4 Å². The predicted molar refractivity (Wildman–Crippen MR) is 134 cm³/mol. The Morgan fingerprint density at radius 2 is 1.48 bits per heavy atom. The number of hydrogen-bond acceptors (Lipinski definition) is 2. The largest absolute Gasteiger partial charge is 0.354 e. The summed E-state index contributed by atoms with van der Waals surface area (Å²) in [7, 11) is 0. The molecule has 0 bridgehead atoms. The van der Waals surface area contributed by atoms with Gasteiger partial charge in [0.05, 0.1) is 6.42 Å². The summed E-state index contributed by atoms with van der Waals surface area (Å²) in [6.45, 7) is 5.13. The summed E-state index contributed by atoms with van der Waals surface area (Å²) < 4.78 is 0. The van der Waals surface area contributed by atoms with Crippen LogP contribution in [0, 0.1) is 6.92 Å². The van der Waals surface area contributed by atoms with E-state index in [4.69, 9.17) is 0 Å². The molecule has 0 heterocycles. The molecule has 0 aliphatic carbocycles. The van der Waals surface area contributed by atoms with Gasteiger partial charge in [-0.05, 0) is 30.0 Å². The van der Waals surface area contributed by atoms with Crippen molar-refractivity contribution in [3.05, 3.63) is 107 Å². The van der Waals surface area contributed by atoms with E-state index in [-0.39, 0.29) is 18.2 Å². The Labute approximate surface area is 197 Å². The van der Waals surface area contributed by atoms with Gasteiger partial charge in [-0.1, -0.05) is 104 Å². The zero-order chi connectivity index (χ0) is 23.5. The van der Waals surface area contributed by atoms with Crippen molar-refractivity contribution < 1.29 is 9.59 Å². The zero-order valence-corrected chi connectivity index (χ0v) is 19.7. The fourth-order valence-corrected chi connectivity index (χ4v) is 3.94. The van der Waals surface area contributed by atoms with Crippen LogP contribution in [-0.4, -0.2) is 29.3 Å². The molecule has 0 spiro atoms. The first-order valence-electron chi connectivity index (χ1n) is 11.8. The second kappa shape index (κ2) is 12.6. The molecule has 0 saturated carbocycles. The highest BCUT2D eigenvalue weighted by Crippen LogP contribution is 2.17. The summed E-state index contributed by atoms with van der Waals surface area (Å²) in [5.74, 6) is -0.142. The van der Waals surface area contributed by atoms with Gasteiger partial charge in [0.15, 0.2) is 0 Å². The van der Waals surface area contributed by atoms with Gasteiger partial charge in [0.2, 0.25) is 11.8 Å². The molecule has 3 rings (SSSR count). The van der Waals surface area contributed by atoms with Crippen molar-refractivity contribution in [1.29, 1.82) is 0 Å². The molecule has 3 aromatic carbocycles.